The third kappa shape index (κ3) is 5.53. The molecule has 1 saturated heterocycles. The maximum absolute atomic E-state index is 12.4. The van der Waals surface area contributed by atoms with Crippen molar-refractivity contribution in [3.8, 4) is 0 Å². The van der Waals surface area contributed by atoms with Gasteiger partial charge in [-0.25, -0.2) is 4.79 Å². The lowest BCUT2D eigenvalue weighted by atomic mass is 10.1. The number of esters is 1. The molecule has 0 amide bonds. The lowest BCUT2D eigenvalue weighted by Gasteiger charge is -2.21. The second kappa shape index (κ2) is 10.0. The zero-order chi connectivity index (χ0) is 19.9. The van der Waals surface area contributed by atoms with Gasteiger partial charge in [-0.1, -0.05) is 30.3 Å². The van der Waals surface area contributed by atoms with Gasteiger partial charge in [-0.05, 0) is 50.5 Å². The topological polar surface area (TPSA) is 59.6 Å². The van der Waals surface area contributed by atoms with Crippen molar-refractivity contribution in [3.05, 3.63) is 52.4 Å². The van der Waals surface area contributed by atoms with Crippen LogP contribution in [-0.4, -0.2) is 36.4 Å². The quantitative estimate of drug-likeness (QED) is 0.514. The van der Waals surface area contributed by atoms with Crippen LogP contribution in [0.5, 0.6) is 0 Å². The third-order valence-corrected chi connectivity index (χ3v) is 5.88. The van der Waals surface area contributed by atoms with Crippen LogP contribution in [0.4, 0.5) is 5.00 Å². The van der Waals surface area contributed by atoms with Crippen molar-refractivity contribution in [2.24, 2.45) is 0 Å². The van der Waals surface area contributed by atoms with E-state index in [1.54, 1.807) is 6.92 Å². The molecule has 2 atom stereocenters. The Morgan fingerprint density at radius 3 is 2.86 bits per heavy atom. The number of thiocarbonyl (C=S) groups is 1. The molecule has 2 N–H and O–H groups in total. The molecule has 150 valence electrons. The summed E-state index contributed by atoms with van der Waals surface area (Å²) in [6.45, 7) is 5.00. The van der Waals surface area contributed by atoms with E-state index in [0.717, 1.165) is 30.7 Å². The van der Waals surface area contributed by atoms with Crippen molar-refractivity contribution in [1.82, 2.24) is 5.32 Å². The van der Waals surface area contributed by atoms with Crippen molar-refractivity contribution in [1.29, 1.82) is 0 Å². The maximum Gasteiger partial charge on any atom is 0.341 e. The molecule has 2 heterocycles. The molecule has 2 aromatic rings. The molecule has 1 aromatic carbocycles. The molecule has 5 nitrogen and oxygen atoms in total. The minimum atomic E-state index is -0.337. The van der Waals surface area contributed by atoms with Crippen LogP contribution in [0, 0.1) is 0 Å². The Morgan fingerprint density at radius 2 is 2.18 bits per heavy atom. The van der Waals surface area contributed by atoms with E-state index in [4.69, 9.17) is 21.7 Å². The number of carbonyl (C=O) groups excluding carboxylic acids is 1. The number of thiophene rings is 1. The van der Waals surface area contributed by atoms with Crippen LogP contribution in [0.3, 0.4) is 0 Å². The summed E-state index contributed by atoms with van der Waals surface area (Å²) in [6.07, 6.45) is 3.04. The molecule has 1 fully saturated rings. The van der Waals surface area contributed by atoms with E-state index >= 15 is 0 Å². The van der Waals surface area contributed by atoms with Gasteiger partial charge in [-0.2, -0.15) is 0 Å². The summed E-state index contributed by atoms with van der Waals surface area (Å²) in [6, 6.07) is 12.2. The number of benzene rings is 1. The summed E-state index contributed by atoms with van der Waals surface area (Å²) in [5.74, 6) is -0.337. The molecule has 0 spiro atoms. The molecular weight excluding hydrogens is 392 g/mol. The number of hydrogen-bond donors (Lipinski definition) is 2. The molecule has 1 aliphatic rings. The van der Waals surface area contributed by atoms with Crippen LogP contribution in [0.15, 0.2) is 36.4 Å². The van der Waals surface area contributed by atoms with Gasteiger partial charge in [0.2, 0.25) is 0 Å². The van der Waals surface area contributed by atoms with Gasteiger partial charge in [-0.15, -0.1) is 11.3 Å². The van der Waals surface area contributed by atoms with Gasteiger partial charge in [0.15, 0.2) is 5.11 Å². The molecule has 0 unspecified atom stereocenters. The molecule has 28 heavy (non-hydrogen) atoms. The highest BCUT2D eigenvalue weighted by atomic mass is 32.1. The molecular formula is C21H26N2O3S2. The maximum atomic E-state index is 12.4. The van der Waals surface area contributed by atoms with Gasteiger partial charge in [0, 0.05) is 17.9 Å². The lowest BCUT2D eigenvalue weighted by Crippen LogP contribution is -2.42. The van der Waals surface area contributed by atoms with Crippen molar-refractivity contribution in [3.63, 3.8) is 0 Å². The molecule has 1 aliphatic heterocycles. The average Bonchev–Trinajstić information content (AvgIpc) is 3.33. The summed E-state index contributed by atoms with van der Waals surface area (Å²) in [5.41, 5.74) is 1.71. The Morgan fingerprint density at radius 1 is 1.39 bits per heavy atom. The third-order valence-electron chi connectivity index (χ3n) is 4.61. The molecule has 1 aromatic heterocycles. The van der Waals surface area contributed by atoms with Gasteiger partial charge in [0.25, 0.3) is 0 Å². The van der Waals surface area contributed by atoms with Crippen LogP contribution in [0.2, 0.25) is 0 Å². The predicted octanol–water partition coefficient (Wildman–Crippen LogP) is 4.37. The molecule has 0 radical (unpaired) electrons. The molecule has 3 rings (SSSR count). The molecule has 7 heteroatoms. The predicted molar refractivity (Wildman–Crippen MR) is 117 cm³/mol. The van der Waals surface area contributed by atoms with Gasteiger partial charge in [-0.3, -0.25) is 0 Å². The smallest absolute Gasteiger partial charge is 0.341 e. The number of carbonyl (C=O) groups is 1. The van der Waals surface area contributed by atoms with Crippen molar-refractivity contribution in [2.45, 2.75) is 45.3 Å². The van der Waals surface area contributed by atoms with E-state index < -0.39 is 0 Å². The monoisotopic (exact) mass is 418 g/mol. The molecule has 0 aliphatic carbocycles. The fraction of sp³-hybridized carbons (Fsp3) is 0.429. The Bertz CT molecular complexity index is 801. The van der Waals surface area contributed by atoms with Crippen LogP contribution in [0.1, 0.15) is 47.5 Å². The van der Waals surface area contributed by atoms with Crippen LogP contribution in [0.25, 0.3) is 0 Å². The highest BCUT2D eigenvalue weighted by Crippen LogP contribution is 2.30. The second-order valence-electron chi connectivity index (χ2n) is 6.78. The summed E-state index contributed by atoms with van der Waals surface area (Å²) in [4.78, 5) is 13.5. The highest BCUT2D eigenvalue weighted by molar-refractivity contribution is 7.80. The summed E-state index contributed by atoms with van der Waals surface area (Å²) >= 11 is 7.00. The fourth-order valence-corrected chi connectivity index (χ4v) is 4.65. The molecule has 0 saturated carbocycles. The minimum absolute atomic E-state index is 0.109. The first-order valence-corrected chi connectivity index (χ1v) is 10.8. The standard InChI is InChI=1S/C21H26N2O3S2/c1-3-25-20(24)17-13-16(12-15-8-5-4-6-9-15)28-19(17)23-21(27)22-14(2)18-10-7-11-26-18/h4-6,8-9,13-14,18H,3,7,10-12H2,1-2H3,(H2,22,23,27)/t14-,18+/m1/s1. The van der Waals surface area contributed by atoms with Gasteiger partial charge >= 0.3 is 5.97 Å². The second-order valence-corrected chi connectivity index (χ2v) is 8.32. The number of ether oxygens (including phenoxy) is 2. The normalized spacial score (nSPS) is 17.1. The number of anilines is 1. The van der Waals surface area contributed by atoms with Crippen molar-refractivity contribution >= 4 is 39.6 Å². The Balaban J connectivity index is 1.71. The first-order chi connectivity index (χ1) is 13.6. The Kier molecular flexibility index (Phi) is 7.42. The average molecular weight is 419 g/mol. The minimum Gasteiger partial charge on any atom is -0.462 e. The Hall–Kier alpha value is -1.96. The first-order valence-electron chi connectivity index (χ1n) is 9.59. The van der Waals surface area contributed by atoms with Crippen molar-refractivity contribution in [2.75, 3.05) is 18.5 Å². The molecule has 0 bridgehead atoms. The van der Waals surface area contributed by atoms with Crippen LogP contribution >= 0.6 is 23.6 Å². The van der Waals surface area contributed by atoms with E-state index in [9.17, 15) is 4.79 Å². The fourth-order valence-electron chi connectivity index (χ4n) is 3.22. The Labute approximate surface area is 175 Å². The number of rotatable bonds is 7. The van der Waals surface area contributed by atoms with Crippen LogP contribution < -0.4 is 10.6 Å². The number of nitrogens with one attached hydrogen (secondary N) is 2. The van der Waals surface area contributed by atoms with Gasteiger partial charge in [0.05, 0.1) is 24.3 Å². The summed E-state index contributed by atoms with van der Waals surface area (Å²) < 4.78 is 10.9. The van der Waals surface area contributed by atoms with E-state index in [1.165, 1.54) is 16.9 Å². The largest absolute Gasteiger partial charge is 0.462 e. The van der Waals surface area contributed by atoms with Crippen LogP contribution in [-0.2, 0) is 15.9 Å². The van der Waals surface area contributed by atoms with E-state index in [-0.39, 0.29) is 18.1 Å². The summed E-state index contributed by atoms with van der Waals surface area (Å²) in [7, 11) is 0. The van der Waals surface area contributed by atoms with Gasteiger partial charge in [0.1, 0.15) is 5.00 Å². The van der Waals surface area contributed by atoms with E-state index in [0.29, 0.717) is 22.3 Å². The van der Waals surface area contributed by atoms with Crippen molar-refractivity contribution < 1.29 is 14.3 Å². The first kappa shape index (κ1) is 20.8. The zero-order valence-electron chi connectivity index (χ0n) is 16.2. The number of hydrogen-bond acceptors (Lipinski definition) is 5. The lowest BCUT2D eigenvalue weighted by molar-refractivity contribution is 0.0528. The van der Waals surface area contributed by atoms with E-state index in [1.807, 2.05) is 24.3 Å². The SMILES string of the molecule is CCOC(=O)c1cc(Cc2ccccc2)sc1NC(=S)N[C@H](C)[C@@H]1CCCO1. The van der Waals surface area contributed by atoms with E-state index in [2.05, 4.69) is 29.7 Å². The summed E-state index contributed by atoms with van der Waals surface area (Å²) in [5, 5.41) is 7.67. The zero-order valence-corrected chi connectivity index (χ0v) is 17.8. The highest BCUT2D eigenvalue weighted by Gasteiger charge is 2.24. The van der Waals surface area contributed by atoms with Gasteiger partial charge < -0.3 is 20.1 Å².